The summed E-state index contributed by atoms with van der Waals surface area (Å²) in [5.41, 5.74) is 1.48. The van der Waals surface area contributed by atoms with Crippen molar-refractivity contribution in [3.8, 4) is 0 Å². The molecule has 0 aliphatic heterocycles. The van der Waals surface area contributed by atoms with E-state index in [2.05, 4.69) is 41.5 Å². The van der Waals surface area contributed by atoms with E-state index < -0.39 is 0 Å². The summed E-state index contributed by atoms with van der Waals surface area (Å²) in [4.78, 5) is 13.5. The molecule has 0 aromatic carbocycles. The van der Waals surface area contributed by atoms with Crippen LogP contribution in [0.2, 0.25) is 0 Å². The lowest BCUT2D eigenvalue weighted by Crippen LogP contribution is -2.54. The number of fused-ring (bicyclic) bond motifs is 5. The van der Waals surface area contributed by atoms with E-state index in [1.54, 1.807) is 0 Å². The molecule has 4 aliphatic rings. The van der Waals surface area contributed by atoms with Crippen LogP contribution in [0, 0.1) is 52.3 Å². The molecule has 0 saturated heterocycles. The summed E-state index contributed by atoms with van der Waals surface area (Å²) in [6, 6.07) is 0. The maximum Gasteiger partial charge on any atom is 0.159 e. The topological polar surface area (TPSA) is 57.5 Å². The molecule has 0 bridgehead atoms. The number of allylic oxidation sites excluding steroid dienone is 1. The van der Waals surface area contributed by atoms with Crippen LogP contribution in [-0.2, 0) is 4.79 Å². The Morgan fingerprint density at radius 2 is 1.78 bits per heavy atom. The molecule has 3 nitrogen and oxygen atoms in total. The highest BCUT2D eigenvalue weighted by atomic mass is 16.3. The maximum absolute atomic E-state index is 13.5. The Kier molecular flexibility index (Phi) is 6.75. The number of hydrogen-bond acceptors (Lipinski definition) is 3. The number of hydrogen-bond donors (Lipinski definition) is 2. The molecule has 0 aromatic rings. The van der Waals surface area contributed by atoms with Crippen molar-refractivity contribution in [2.75, 3.05) is 0 Å². The largest absolute Gasteiger partial charge is 0.393 e. The zero-order chi connectivity index (χ0) is 23.4. The van der Waals surface area contributed by atoms with Gasteiger partial charge in [0.1, 0.15) is 0 Å². The molecule has 3 fully saturated rings. The lowest BCUT2D eigenvalue weighted by atomic mass is 9.46. The van der Waals surface area contributed by atoms with Crippen molar-refractivity contribution in [2.24, 2.45) is 52.3 Å². The molecule has 3 saturated carbocycles. The Morgan fingerprint density at radius 1 is 1.06 bits per heavy atom. The Morgan fingerprint density at radius 3 is 2.44 bits per heavy atom. The molecule has 0 radical (unpaired) electrons. The normalized spacial score (nSPS) is 44.3. The Hall–Kier alpha value is -0.670. The van der Waals surface area contributed by atoms with E-state index in [0.29, 0.717) is 47.7 Å². The van der Waals surface area contributed by atoms with Gasteiger partial charge in [-0.1, -0.05) is 53.5 Å². The highest BCUT2D eigenvalue weighted by Gasteiger charge is 2.61. The van der Waals surface area contributed by atoms with Crippen LogP contribution in [-0.4, -0.2) is 28.2 Å². The number of carbonyl (C=O) groups excluding carboxylic acids is 1. The zero-order valence-electron chi connectivity index (χ0n) is 21.4. The third-order valence-electron chi connectivity index (χ3n) is 11.2. The zero-order valence-corrected chi connectivity index (χ0v) is 21.4. The monoisotopic (exact) mass is 444 g/mol. The molecule has 0 amide bonds. The first-order valence-corrected chi connectivity index (χ1v) is 13.6. The van der Waals surface area contributed by atoms with Crippen LogP contribution >= 0.6 is 0 Å². The lowest BCUT2D eigenvalue weighted by molar-refractivity contribution is -0.135. The van der Waals surface area contributed by atoms with E-state index in [4.69, 9.17) is 0 Å². The van der Waals surface area contributed by atoms with E-state index >= 15 is 0 Å². The average Bonchev–Trinajstić information content (AvgIpc) is 3.09. The minimum atomic E-state index is -0.275. The first-order chi connectivity index (χ1) is 15.0. The predicted octanol–water partition coefficient (Wildman–Crippen LogP) is 6.17. The van der Waals surface area contributed by atoms with Crippen molar-refractivity contribution in [3.05, 3.63) is 11.6 Å². The molecule has 4 rings (SSSR count). The number of ketones is 1. The second kappa shape index (κ2) is 8.84. The van der Waals surface area contributed by atoms with Gasteiger partial charge in [-0.3, -0.25) is 4.79 Å². The molecule has 4 aliphatic carbocycles. The lowest BCUT2D eigenvalue weighted by Gasteiger charge is -2.57. The average molecular weight is 445 g/mol. The molecule has 10 atom stereocenters. The summed E-state index contributed by atoms with van der Waals surface area (Å²) in [5.74, 6) is 3.36. The van der Waals surface area contributed by atoms with Gasteiger partial charge in [0.2, 0.25) is 0 Å². The van der Waals surface area contributed by atoms with Gasteiger partial charge in [-0.05, 0) is 104 Å². The fourth-order valence-electron chi connectivity index (χ4n) is 8.99. The van der Waals surface area contributed by atoms with Crippen molar-refractivity contribution < 1.29 is 15.0 Å². The highest BCUT2D eigenvalue weighted by Crippen LogP contribution is 2.66. The smallest absolute Gasteiger partial charge is 0.159 e. The summed E-state index contributed by atoms with van der Waals surface area (Å²) < 4.78 is 0. The maximum atomic E-state index is 13.5. The van der Waals surface area contributed by atoms with E-state index in [0.717, 1.165) is 44.9 Å². The van der Waals surface area contributed by atoms with Crippen LogP contribution in [0.1, 0.15) is 99.3 Å². The second-order valence-corrected chi connectivity index (χ2v) is 12.9. The second-order valence-electron chi connectivity index (χ2n) is 12.9. The summed E-state index contributed by atoms with van der Waals surface area (Å²) in [6.45, 7) is 13.9. The van der Waals surface area contributed by atoms with Gasteiger partial charge in [-0.2, -0.15) is 0 Å². The highest BCUT2D eigenvalue weighted by molar-refractivity contribution is 5.94. The van der Waals surface area contributed by atoms with Gasteiger partial charge in [0, 0.05) is 5.92 Å². The molecular weight excluding hydrogens is 396 g/mol. The third-order valence-corrected chi connectivity index (χ3v) is 11.2. The summed E-state index contributed by atoms with van der Waals surface area (Å²) in [6.07, 6.45) is 10.6. The summed E-state index contributed by atoms with van der Waals surface area (Å²) >= 11 is 0. The van der Waals surface area contributed by atoms with E-state index in [-0.39, 0.29) is 29.0 Å². The number of rotatable bonds is 6. The fourth-order valence-corrected chi connectivity index (χ4v) is 8.99. The van der Waals surface area contributed by atoms with Gasteiger partial charge >= 0.3 is 0 Å². The summed E-state index contributed by atoms with van der Waals surface area (Å²) in [7, 11) is 0. The minimum Gasteiger partial charge on any atom is -0.393 e. The number of aliphatic hydroxyl groups is 2. The molecule has 0 spiro atoms. The molecule has 3 heteroatoms. The SMILES string of the molecule is CC[C@H](C[C@@H](O)[C@@H](C)[C@H]1CC[C@H]2[C@@H]3C(=O)C=C4C[C@@H](O)CC[C@]4(C)[C@H]3CC[C@]12C)C(C)C. The van der Waals surface area contributed by atoms with Crippen molar-refractivity contribution in [1.29, 1.82) is 0 Å². The standard InChI is InChI=1S/C29H48O3/c1-7-19(17(2)3)14-25(31)18(4)22-8-9-23-27-24(11-13-29(22,23)6)28(5)12-10-21(30)15-20(28)16-26(27)32/h16-19,21-25,27,30-31H,7-15H2,1-6H3/t18-,19+,21-,22+,23-,24-,25+,27-,28-,29+/m0/s1. The molecular formula is C29H48O3. The van der Waals surface area contributed by atoms with Crippen LogP contribution in [0.5, 0.6) is 0 Å². The van der Waals surface area contributed by atoms with Gasteiger partial charge < -0.3 is 10.2 Å². The van der Waals surface area contributed by atoms with Crippen LogP contribution in [0.4, 0.5) is 0 Å². The van der Waals surface area contributed by atoms with Crippen molar-refractivity contribution >= 4 is 5.78 Å². The van der Waals surface area contributed by atoms with Gasteiger partial charge in [-0.25, -0.2) is 0 Å². The molecule has 32 heavy (non-hydrogen) atoms. The Labute approximate surface area is 196 Å². The molecule has 2 N–H and O–H groups in total. The van der Waals surface area contributed by atoms with Gasteiger partial charge in [0.25, 0.3) is 0 Å². The van der Waals surface area contributed by atoms with E-state index in [9.17, 15) is 15.0 Å². The van der Waals surface area contributed by atoms with E-state index in [1.807, 2.05) is 6.08 Å². The van der Waals surface area contributed by atoms with Gasteiger partial charge in [0.05, 0.1) is 12.2 Å². The Balaban J connectivity index is 1.55. The van der Waals surface area contributed by atoms with Crippen molar-refractivity contribution in [2.45, 2.75) is 112 Å². The van der Waals surface area contributed by atoms with Crippen molar-refractivity contribution in [3.63, 3.8) is 0 Å². The van der Waals surface area contributed by atoms with E-state index in [1.165, 1.54) is 12.0 Å². The van der Waals surface area contributed by atoms with Crippen LogP contribution in [0.15, 0.2) is 11.6 Å². The fraction of sp³-hybridized carbons (Fsp3) is 0.897. The third kappa shape index (κ3) is 3.84. The van der Waals surface area contributed by atoms with Crippen LogP contribution in [0.3, 0.4) is 0 Å². The summed E-state index contributed by atoms with van der Waals surface area (Å²) in [5, 5.41) is 21.5. The molecule has 0 unspecified atom stereocenters. The molecule has 0 heterocycles. The first-order valence-electron chi connectivity index (χ1n) is 13.6. The van der Waals surface area contributed by atoms with Crippen LogP contribution < -0.4 is 0 Å². The quantitative estimate of drug-likeness (QED) is 0.515. The predicted molar refractivity (Wildman–Crippen MR) is 130 cm³/mol. The number of carbonyl (C=O) groups is 1. The van der Waals surface area contributed by atoms with Gasteiger partial charge in [-0.15, -0.1) is 0 Å². The van der Waals surface area contributed by atoms with Crippen LogP contribution in [0.25, 0.3) is 0 Å². The first kappa shape index (κ1) is 24.5. The number of aliphatic hydroxyl groups excluding tert-OH is 2. The van der Waals surface area contributed by atoms with Gasteiger partial charge in [0.15, 0.2) is 5.78 Å². The Bertz CT molecular complexity index is 741. The van der Waals surface area contributed by atoms with Crippen molar-refractivity contribution in [1.82, 2.24) is 0 Å². The molecule has 0 aromatic heterocycles. The molecule has 182 valence electrons. The minimum absolute atomic E-state index is 0.0912.